The first kappa shape index (κ1) is 19.0. The van der Waals surface area contributed by atoms with Gasteiger partial charge in [0, 0.05) is 5.69 Å². The minimum atomic E-state index is -4.64. The second kappa shape index (κ2) is 8.15. The number of alkyl halides is 3. The molecule has 0 aliphatic heterocycles. The van der Waals surface area contributed by atoms with E-state index in [0.717, 1.165) is 12.1 Å². The topological polar surface area (TPSA) is 87.3 Å². The van der Waals surface area contributed by atoms with Gasteiger partial charge in [0.1, 0.15) is 0 Å². The third kappa shape index (κ3) is 5.33. The number of hydrogen-bond acceptors (Lipinski definition) is 3. The number of carbonyl (C=O) groups is 3. The molecule has 2 aromatic carbocycles. The Balaban J connectivity index is 1.89. The zero-order valence-corrected chi connectivity index (χ0v) is 13.3. The number of anilines is 2. The van der Waals surface area contributed by atoms with Gasteiger partial charge >= 0.3 is 18.0 Å². The Bertz CT molecular complexity index is 808. The van der Waals surface area contributed by atoms with Crippen molar-refractivity contribution in [3.05, 3.63) is 60.2 Å². The highest BCUT2D eigenvalue weighted by atomic mass is 19.4. The first-order valence-corrected chi connectivity index (χ1v) is 7.37. The zero-order valence-electron chi connectivity index (χ0n) is 13.3. The molecule has 0 radical (unpaired) electrons. The van der Waals surface area contributed by atoms with Gasteiger partial charge in [-0.2, -0.15) is 13.2 Å². The first-order chi connectivity index (χ1) is 12.3. The Morgan fingerprint density at radius 1 is 0.808 bits per heavy atom. The Morgan fingerprint density at radius 2 is 1.42 bits per heavy atom. The summed E-state index contributed by atoms with van der Waals surface area (Å²) in [5, 5.41) is 6.41. The number of nitrogens with one attached hydrogen (secondary N) is 3. The van der Waals surface area contributed by atoms with Crippen LogP contribution < -0.4 is 16.0 Å². The molecule has 0 saturated heterocycles. The lowest BCUT2D eigenvalue weighted by molar-refractivity contribution is -0.137. The Morgan fingerprint density at radius 3 is 2.08 bits per heavy atom. The molecule has 0 heterocycles. The van der Waals surface area contributed by atoms with E-state index in [-0.39, 0.29) is 0 Å². The van der Waals surface area contributed by atoms with Crippen molar-refractivity contribution in [2.45, 2.75) is 6.18 Å². The van der Waals surface area contributed by atoms with Gasteiger partial charge in [-0.15, -0.1) is 0 Å². The number of amides is 3. The highest BCUT2D eigenvalue weighted by Crippen LogP contribution is 2.34. The molecule has 9 heteroatoms. The summed E-state index contributed by atoms with van der Waals surface area (Å²) in [6, 6.07) is 12.6. The van der Waals surface area contributed by atoms with Crippen LogP contribution in [0.4, 0.5) is 24.5 Å². The molecule has 0 aromatic heterocycles. The van der Waals surface area contributed by atoms with E-state index in [2.05, 4.69) is 10.6 Å². The van der Waals surface area contributed by atoms with Crippen LogP contribution in [0.25, 0.3) is 0 Å². The highest BCUT2D eigenvalue weighted by molar-refractivity contribution is 6.39. The smallest absolute Gasteiger partial charge is 0.339 e. The van der Waals surface area contributed by atoms with Crippen LogP contribution in [0.2, 0.25) is 0 Å². The van der Waals surface area contributed by atoms with Gasteiger partial charge in [0.15, 0.2) is 0 Å². The van der Waals surface area contributed by atoms with E-state index >= 15 is 0 Å². The molecule has 0 bridgehead atoms. The van der Waals surface area contributed by atoms with Crippen LogP contribution in [0.1, 0.15) is 5.56 Å². The van der Waals surface area contributed by atoms with Gasteiger partial charge in [0.05, 0.1) is 17.8 Å². The molecule has 0 atom stereocenters. The fourth-order valence-electron chi connectivity index (χ4n) is 1.98. The van der Waals surface area contributed by atoms with E-state index < -0.39 is 41.7 Å². The van der Waals surface area contributed by atoms with Crippen LogP contribution in [-0.2, 0) is 20.6 Å². The van der Waals surface area contributed by atoms with Crippen LogP contribution in [0.5, 0.6) is 0 Å². The predicted molar refractivity (Wildman–Crippen MR) is 88.2 cm³/mol. The maximum absolute atomic E-state index is 12.9. The quantitative estimate of drug-likeness (QED) is 0.727. The molecule has 0 saturated carbocycles. The third-order valence-electron chi connectivity index (χ3n) is 3.15. The van der Waals surface area contributed by atoms with Crippen LogP contribution in [0.3, 0.4) is 0 Å². The second-order valence-electron chi connectivity index (χ2n) is 5.09. The van der Waals surface area contributed by atoms with Gasteiger partial charge in [0.2, 0.25) is 5.91 Å². The predicted octanol–water partition coefficient (Wildman–Crippen LogP) is 2.40. The number of halogens is 3. The summed E-state index contributed by atoms with van der Waals surface area (Å²) in [4.78, 5) is 35.1. The molecule has 2 rings (SSSR count). The number of para-hydroxylation sites is 2. The molecule has 3 amide bonds. The van der Waals surface area contributed by atoms with Crippen molar-refractivity contribution in [2.24, 2.45) is 0 Å². The maximum atomic E-state index is 12.9. The van der Waals surface area contributed by atoms with Crippen molar-refractivity contribution in [3.8, 4) is 0 Å². The van der Waals surface area contributed by atoms with E-state index in [1.165, 1.54) is 12.1 Å². The molecule has 0 aliphatic rings. The highest BCUT2D eigenvalue weighted by Gasteiger charge is 2.33. The summed E-state index contributed by atoms with van der Waals surface area (Å²) >= 11 is 0. The molecule has 3 N–H and O–H groups in total. The zero-order chi connectivity index (χ0) is 19.2. The average Bonchev–Trinajstić information content (AvgIpc) is 2.60. The summed E-state index contributed by atoms with van der Waals surface area (Å²) in [5.74, 6) is -2.99. The van der Waals surface area contributed by atoms with Crippen molar-refractivity contribution < 1.29 is 27.6 Å². The molecule has 0 aliphatic carbocycles. The summed E-state index contributed by atoms with van der Waals surface area (Å²) in [7, 11) is 0. The second-order valence-corrected chi connectivity index (χ2v) is 5.09. The summed E-state index contributed by atoms with van der Waals surface area (Å²) in [5.41, 5.74) is -1.06. The maximum Gasteiger partial charge on any atom is 0.418 e. The molecule has 2 aromatic rings. The molecule has 136 valence electrons. The first-order valence-electron chi connectivity index (χ1n) is 7.37. The van der Waals surface area contributed by atoms with Crippen LogP contribution in [-0.4, -0.2) is 24.3 Å². The lowest BCUT2D eigenvalue weighted by Crippen LogP contribution is -2.40. The molecular weight excluding hydrogens is 351 g/mol. The standard InChI is InChI=1S/C17H14F3N3O3/c18-17(19,20)12-8-4-5-9-13(12)23-14(24)10-21-15(25)16(26)22-11-6-2-1-3-7-11/h1-9H,10H2,(H,21,25)(H,22,26)(H,23,24). The van der Waals surface area contributed by atoms with Crippen molar-refractivity contribution in [1.29, 1.82) is 0 Å². The van der Waals surface area contributed by atoms with E-state index in [4.69, 9.17) is 0 Å². The van der Waals surface area contributed by atoms with Crippen LogP contribution in [0, 0.1) is 0 Å². The van der Waals surface area contributed by atoms with Gasteiger partial charge in [-0.05, 0) is 24.3 Å². The average molecular weight is 365 g/mol. The van der Waals surface area contributed by atoms with Crippen molar-refractivity contribution in [2.75, 3.05) is 17.2 Å². The number of rotatable bonds is 4. The fraction of sp³-hybridized carbons (Fsp3) is 0.118. The normalized spacial score (nSPS) is 10.7. The summed E-state index contributed by atoms with van der Waals surface area (Å²) < 4.78 is 38.6. The Labute approximate surface area is 146 Å². The van der Waals surface area contributed by atoms with E-state index in [0.29, 0.717) is 5.69 Å². The van der Waals surface area contributed by atoms with E-state index in [9.17, 15) is 27.6 Å². The van der Waals surface area contributed by atoms with Gasteiger partial charge in [0.25, 0.3) is 0 Å². The van der Waals surface area contributed by atoms with Crippen LogP contribution >= 0.6 is 0 Å². The van der Waals surface area contributed by atoms with Gasteiger partial charge < -0.3 is 16.0 Å². The molecule has 26 heavy (non-hydrogen) atoms. The van der Waals surface area contributed by atoms with Gasteiger partial charge in [-0.25, -0.2) is 0 Å². The van der Waals surface area contributed by atoms with Gasteiger partial charge in [-0.3, -0.25) is 14.4 Å². The largest absolute Gasteiger partial charge is 0.418 e. The third-order valence-corrected chi connectivity index (χ3v) is 3.15. The van der Waals surface area contributed by atoms with Crippen molar-refractivity contribution in [3.63, 3.8) is 0 Å². The van der Waals surface area contributed by atoms with Crippen LogP contribution in [0.15, 0.2) is 54.6 Å². The SMILES string of the molecule is O=C(CNC(=O)C(=O)Nc1ccccc1)Nc1ccccc1C(F)(F)F. The molecule has 0 unspecified atom stereocenters. The van der Waals surface area contributed by atoms with E-state index in [1.54, 1.807) is 30.3 Å². The summed E-state index contributed by atoms with van der Waals surface area (Å²) in [6.45, 7) is -0.659. The number of carbonyl (C=O) groups excluding carboxylic acids is 3. The molecule has 0 fully saturated rings. The minimum absolute atomic E-state index is 0.385. The Kier molecular flexibility index (Phi) is 5.94. The Hall–Kier alpha value is -3.36. The fourth-order valence-corrected chi connectivity index (χ4v) is 1.98. The lowest BCUT2D eigenvalue weighted by Gasteiger charge is -2.13. The van der Waals surface area contributed by atoms with E-state index in [1.807, 2.05) is 5.32 Å². The van der Waals surface area contributed by atoms with Crippen molar-refractivity contribution in [1.82, 2.24) is 5.32 Å². The monoisotopic (exact) mass is 365 g/mol. The number of benzene rings is 2. The molecular formula is C17H14F3N3O3. The molecule has 6 nitrogen and oxygen atoms in total. The van der Waals surface area contributed by atoms with Gasteiger partial charge in [-0.1, -0.05) is 30.3 Å². The molecule has 0 spiro atoms. The lowest BCUT2D eigenvalue weighted by atomic mass is 10.1. The summed E-state index contributed by atoms with van der Waals surface area (Å²) in [6.07, 6.45) is -4.64. The number of hydrogen-bond donors (Lipinski definition) is 3. The van der Waals surface area contributed by atoms with Crippen molar-refractivity contribution >= 4 is 29.1 Å². The minimum Gasteiger partial charge on any atom is -0.339 e.